The first kappa shape index (κ1) is 13.3. The summed E-state index contributed by atoms with van der Waals surface area (Å²) in [5.41, 5.74) is 3.04. The van der Waals surface area contributed by atoms with Crippen LogP contribution in [0.2, 0.25) is 0 Å². The van der Waals surface area contributed by atoms with Gasteiger partial charge < -0.3 is 4.74 Å². The first-order valence-electron chi connectivity index (χ1n) is 6.79. The number of para-hydroxylation sites is 1. The van der Waals surface area contributed by atoms with E-state index in [4.69, 9.17) is 4.74 Å². The molecule has 3 aromatic rings. The highest BCUT2D eigenvalue weighted by molar-refractivity contribution is 5.79. The number of hydrogen-bond acceptors (Lipinski definition) is 4. The van der Waals surface area contributed by atoms with Gasteiger partial charge in [-0.05, 0) is 42.8 Å². The normalized spacial score (nSPS) is 10.8. The number of hydrogen-bond donors (Lipinski definition) is 0. The van der Waals surface area contributed by atoms with Crippen molar-refractivity contribution in [3.63, 3.8) is 0 Å². The molecule has 1 aromatic carbocycles. The summed E-state index contributed by atoms with van der Waals surface area (Å²) in [5, 5.41) is 3.17. The predicted octanol–water partition coefficient (Wildman–Crippen LogP) is 4.11. The zero-order chi connectivity index (χ0) is 14.8. The van der Waals surface area contributed by atoms with Gasteiger partial charge in [-0.2, -0.15) is 0 Å². The lowest BCUT2D eigenvalue weighted by Gasteiger charge is -2.07. The molecule has 0 saturated heterocycles. The van der Waals surface area contributed by atoms with Crippen LogP contribution in [0.25, 0.3) is 16.9 Å². The molecule has 0 radical (unpaired) electrons. The molecular formula is C16H15N3O2. The van der Waals surface area contributed by atoms with Crippen LogP contribution in [0.3, 0.4) is 0 Å². The largest absolute Gasteiger partial charge is 0.493 e. The fourth-order valence-corrected chi connectivity index (χ4v) is 2.40. The lowest BCUT2D eigenvalue weighted by Crippen LogP contribution is -1.94. The SMILES string of the molecule is CCOc1ccccc1-c1nc2c(C)cccn2c1N=O. The molecule has 2 heterocycles. The summed E-state index contributed by atoms with van der Waals surface area (Å²) in [5.74, 6) is 0.992. The number of aromatic nitrogens is 2. The molecular weight excluding hydrogens is 266 g/mol. The molecule has 21 heavy (non-hydrogen) atoms. The Bertz CT molecular complexity index is 808. The van der Waals surface area contributed by atoms with Gasteiger partial charge in [0.1, 0.15) is 17.1 Å². The number of benzene rings is 1. The molecule has 5 nitrogen and oxygen atoms in total. The maximum absolute atomic E-state index is 11.3. The summed E-state index contributed by atoms with van der Waals surface area (Å²) in [6.45, 7) is 4.42. The van der Waals surface area contributed by atoms with Gasteiger partial charge in [0.25, 0.3) is 0 Å². The van der Waals surface area contributed by atoms with Crippen molar-refractivity contribution in [2.24, 2.45) is 5.18 Å². The predicted molar refractivity (Wildman–Crippen MR) is 82.0 cm³/mol. The Morgan fingerprint density at radius 3 is 2.81 bits per heavy atom. The van der Waals surface area contributed by atoms with Crippen LogP contribution in [-0.4, -0.2) is 16.0 Å². The third kappa shape index (κ3) is 2.16. The number of ether oxygens (including phenoxy) is 1. The number of nitroso groups, excluding NO2 is 1. The van der Waals surface area contributed by atoms with E-state index in [0.29, 0.717) is 23.9 Å². The van der Waals surface area contributed by atoms with Crippen molar-refractivity contribution in [2.75, 3.05) is 6.61 Å². The second kappa shape index (κ2) is 5.36. The van der Waals surface area contributed by atoms with Crippen LogP contribution in [-0.2, 0) is 0 Å². The molecule has 0 amide bonds. The third-order valence-corrected chi connectivity index (χ3v) is 3.35. The Labute approximate surface area is 122 Å². The van der Waals surface area contributed by atoms with E-state index in [1.165, 1.54) is 0 Å². The molecule has 0 aliphatic carbocycles. The van der Waals surface area contributed by atoms with E-state index in [0.717, 1.165) is 16.8 Å². The molecule has 0 aliphatic rings. The smallest absolute Gasteiger partial charge is 0.209 e. The Hall–Kier alpha value is -2.69. The topological polar surface area (TPSA) is 56.0 Å². The Balaban J connectivity index is 2.30. The van der Waals surface area contributed by atoms with Crippen LogP contribution < -0.4 is 4.74 Å². The molecule has 5 heteroatoms. The van der Waals surface area contributed by atoms with Crippen molar-refractivity contribution in [3.05, 3.63) is 53.1 Å². The van der Waals surface area contributed by atoms with E-state index in [1.54, 1.807) is 10.6 Å². The number of rotatable bonds is 4. The second-order valence-corrected chi connectivity index (χ2v) is 4.69. The number of aryl methyl sites for hydroxylation is 1. The van der Waals surface area contributed by atoms with Crippen molar-refractivity contribution < 1.29 is 4.74 Å². The molecule has 2 aromatic heterocycles. The molecule has 106 valence electrons. The fraction of sp³-hybridized carbons (Fsp3) is 0.188. The lowest BCUT2D eigenvalue weighted by molar-refractivity contribution is 0.341. The minimum absolute atomic E-state index is 0.292. The molecule has 0 atom stereocenters. The molecule has 0 unspecified atom stereocenters. The van der Waals surface area contributed by atoms with Gasteiger partial charge in [0, 0.05) is 11.8 Å². The summed E-state index contributed by atoms with van der Waals surface area (Å²) < 4.78 is 7.33. The van der Waals surface area contributed by atoms with Crippen molar-refractivity contribution in [3.8, 4) is 17.0 Å². The van der Waals surface area contributed by atoms with E-state index in [9.17, 15) is 4.91 Å². The van der Waals surface area contributed by atoms with Crippen molar-refractivity contribution in [2.45, 2.75) is 13.8 Å². The van der Waals surface area contributed by atoms with E-state index in [-0.39, 0.29) is 0 Å². The monoisotopic (exact) mass is 281 g/mol. The summed E-state index contributed by atoms with van der Waals surface area (Å²) in [6, 6.07) is 11.4. The number of nitrogens with zero attached hydrogens (tertiary/aromatic N) is 3. The van der Waals surface area contributed by atoms with E-state index < -0.39 is 0 Å². The second-order valence-electron chi connectivity index (χ2n) is 4.69. The molecule has 0 bridgehead atoms. The average Bonchev–Trinajstić information content (AvgIpc) is 2.88. The number of fused-ring (bicyclic) bond motifs is 1. The number of pyridine rings is 1. The highest BCUT2D eigenvalue weighted by Gasteiger charge is 2.18. The van der Waals surface area contributed by atoms with Crippen LogP contribution in [0.5, 0.6) is 5.75 Å². The number of imidazole rings is 1. The van der Waals surface area contributed by atoms with Crippen molar-refractivity contribution in [1.82, 2.24) is 9.38 Å². The average molecular weight is 281 g/mol. The Kier molecular flexibility index (Phi) is 3.39. The van der Waals surface area contributed by atoms with Crippen LogP contribution in [0.1, 0.15) is 12.5 Å². The summed E-state index contributed by atoms with van der Waals surface area (Å²) >= 11 is 0. The lowest BCUT2D eigenvalue weighted by atomic mass is 10.1. The van der Waals surface area contributed by atoms with Gasteiger partial charge in [0.05, 0.1) is 6.61 Å². The molecule has 0 N–H and O–H groups in total. The van der Waals surface area contributed by atoms with Gasteiger partial charge in [-0.25, -0.2) is 4.98 Å². The van der Waals surface area contributed by atoms with E-state index in [2.05, 4.69) is 10.2 Å². The maximum atomic E-state index is 11.3. The van der Waals surface area contributed by atoms with Crippen molar-refractivity contribution >= 4 is 11.5 Å². The fourth-order valence-electron chi connectivity index (χ4n) is 2.40. The van der Waals surface area contributed by atoms with Gasteiger partial charge in [-0.3, -0.25) is 4.40 Å². The van der Waals surface area contributed by atoms with Gasteiger partial charge >= 0.3 is 0 Å². The van der Waals surface area contributed by atoms with Gasteiger partial charge in [-0.15, -0.1) is 4.91 Å². The quantitative estimate of drug-likeness (QED) is 0.676. The van der Waals surface area contributed by atoms with Crippen LogP contribution in [0, 0.1) is 11.8 Å². The molecule has 0 fully saturated rings. The zero-order valence-corrected chi connectivity index (χ0v) is 11.9. The summed E-state index contributed by atoms with van der Waals surface area (Å²) in [6.07, 6.45) is 1.79. The maximum Gasteiger partial charge on any atom is 0.209 e. The van der Waals surface area contributed by atoms with Gasteiger partial charge in [0.15, 0.2) is 0 Å². The van der Waals surface area contributed by atoms with Crippen LogP contribution >= 0.6 is 0 Å². The molecule has 0 aliphatic heterocycles. The summed E-state index contributed by atoms with van der Waals surface area (Å²) in [7, 11) is 0. The minimum Gasteiger partial charge on any atom is -0.493 e. The van der Waals surface area contributed by atoms with Crippen LogP contribution in [0.15, 0.2) is 47.8 Å². The van der Waals surface area contributed by atoms with E-state index >= 15 is 0 Å². The van der Waals surface area contributed by atoms with Crippen molar-refractivity contribution in [1.29, 1.82) is 0 Å². The first-order chi connectivity index (χ1) is 10.3. The Morgan fingerprint density at radius 2 is 2.05 bits per heavy atom. The minimum atomic E-state index is 0.292. The van der Waals surface area contributed by atoms with Crippen LogP contribution in [0.4, 0.5) is 5.82 Å². The summed E-state index contributed by atoms with van der Waals surface area (Å²) in [4.78, 5) is 15.9. The molecule has 3 rings (SSSR count). The van der Waals surface area contributed by atoms with E-state index in [1.807, 2.05) is 50.2 Å². The highest BCUT2D eigenvalue weighted by atomic mass is 16.5. The highest BCUT2D eigenvalue weighted by Crippen LogP contribution is 2.36. The molecule has 0 spiro atoms. The third-order valence-electron chi connectivity index (χ3n) is 3.35. The zero-order valence-electron chi connectivity index (χ0n) is 11.9. The van der Waals surface area contributed by atoms with Gasteiger partial charge in [0.2, 0.25) is 5.82 Å². The molecule has 0 saturated carbocycles. The van der Waals surface area contributed by atoms with Gasteiger partial charge in [-0.1, -0.05) is 18.2 Å². The Morgan fingerprint density at radius 1 is 1.24 bits per heavy atom. The first-order valence-corrected chi connectivity index (χ1v) is 6.79. The standard InChI is InChI=1S/C16H15N3O2/c1-3-21-13-9-5-4-8-12(13)14-16(18-20)19-10-6-7-11(2)15(19)17-14/h4-10H,3H2,1-2H3.